The summed E-state index contributed by atoms with van der Waals surface area (Å²) in [6.45, 7) is 1.53. The Morgan fingerprint density at radius 3 is 2.50 bits per heavy atom. The van der Waals surface area contributed by atoms with Crippen LogP contribution in [0, 0.1) is 5.82 Å². The largest absolute Gasteiger partial charge is 0.481 e. The summed E-state index contributed by atoms with van der Waals surface area (Å²) < 4.78 is 13.9. The molecule has 0 aliphatic rings. The van der Waals surface area contributed by atoms with E-state index in [0.717, 1.165) is 5.56 Å². The first-order valence-corrected chi connectivity index (χ1v) is 5.52. The molecule has 3 nitrogen and oxygen atoms in total. The van der Waals surface area contributed by atoms with E-state index in [9.17, 15) is 9.18 Å². The topological polar surface area (TPSA) is 50.2 Å². The van der Waals surface area contributed by atoms with Gasteiger partial charge in [-0.05, 0) is 36.2 Å². The molecule has 1 atom stereocenters. The van der Waals surface area contributed by atoms with Crippen molar-refractivity contribution >= 4 is 5.97 Å². The number of rotatable bonds is 3. The van der Waals surface area contributed by atoms with Crippen LogP contribution in [-0.4, -0.2) is 16.1 Å². The van der Waals surface area contributed by atoms with Crippen LogP contribution in [0.15, 0.2) is 42.7 Å². The van der Waals surface area contributed by atoms with Crippen molar-refractivity contribution in [3.05, 3.63) is 54.1 Å². The Bertz CT molecular complexity index is 569. The van der Waals surface area contributed by atoms with Crippen molar-refractivity contribution < 1.29 is 14.3 Å². The maximum atomic E-state index is 13.9. The number of hydrogen-bond donors (Lipinski definition) is 1. The molecule has 18 heavy (non-hydrogen) atoms. The first-order valence-electron chi connectivity index (χ1n) is 5.52. The molecule has 0 saturated carbocycles. The lowest BCUT2D eigenvalue weighted by Crippen LogP contribution is -2.07. The fourth-order valence-electron chi connectivity index (χ4n) is 1.71. The molecule has 1 N–H and O–H groups in total. The van der Waals surface area contributed by atoms with E-state index < -0.39 is 17.7 Å². The lowest BCUT2D eigenvalue weighted by molar-refractivity contribution is -0.138. The van der Waals surface area contributed by atoms with Gasteiger partial charge in [0.2, 0.25) is 0 Å². The van der Waals surface area contributed by atoms with Gasteiger partial charge in [-0.1, -0.05) is 12.1 Å². The highest BCUT2D eigenvalue weighted by atomic mass is 19.1. The fourth-order valence-corrected chi connectivity index (χ4v) is 1.71. The van der Waals surface area contributed by atoms with Crippen molar-refractivity contribution in [2.75, 3.05) is 0 Å². The van der Waals surface area contributed by atoms with Crippen LogP contribution in [0.5, 0.6) is 0 Å². The monoisotopic (exact) mass is 245 g/mol. The molecule has 0 radical (unpaired) electrons. The van der Waals surface area contributed by atoms with Crippen LogP contribution in [-0.2, 0) is 4.79 Å². The zero-order valence-electron chi connectivity index (χ0n) is 9.80. The minimum Gasteiger partial charge on any atom is -0.481 e. The van der Waals surface area contributed by atoms with Gasteiger partial charge < -0.3 is 5.11 Å². The molecular formula is C14H12FNO2. The number of carbonyl (C=O) groups is 1. The third kappa shape index (κ3) is 2.37. The van der Waals surface area contributed by atoms with E-state index in [-0.39, 0.29) is 0 Å². The van der Waals surface area contributed by atoms with Crippen LogP contribution < -0.4 is 0 Å². The lowest BCUT2D eigenvalue weighted by atomic mass is 9.97. The zero-order chi connectivity index (χ0) is 13.1. The highest BCUT2D eigenvalue weighted by Gasteiger charge is 2.15. The maximum absolute atomic E-state index is 13.9. The molecule has 0 aliphatic carbocycles. The third-order valence-corrected chi connectivity index (χ3v) is 2.85. The summed E-state index contributed by atoms with van der Waals surface area (Å²) in [6.07, 6.45) is 3.17. The summed E-state index contributed by atoms with van der Waals surface area (Å²) in [5, 5.41) is 8.88. The van der Waals surface area contributed by atoms with Gasteiger partial charge in [-0.15, -0.1) is 0 Å². The number of aliphatic carboxylic acids is 1. The molecule has 0 bridgehead atoms. The highest BCUT2D eigenvalue weighted by Crippen LogP contribution is 2.25. The molecule has 2 aromatic rings. The quantitative estimate of drug-likeness (QED) is 0.904. The predicted octanol–water partition coefficient (Wildman–Crippen LogP) is 3.08. The molecule has 1 aromatic carbocycles. The molecule has 0 spiro atoms. The standard InChI is InChI=1S/C14H12FNO2/c1-9(14(17)18)11-2-3-12(13(15)8-11)10-4-6-16-7-5-10/h2-9H,1H3,(H,17,18)/t9-/m0/s1. The molecule has 92 valence electrons. The van der Waals surface area contributed by atoms with Gasteiger partial charge in [0.25, 0.3) is 0 Å². The van der Waals surface area contributed by atoms with Crippen molar-refractivity contribution in [3.8, 4) is 11.1 Å². The highest BCUT2D eigenvalue weighted by molar-refractivity contribution is 5.76. The van der Waals surface area contributed by atoms with Gasteiger partial charge in [0.15, 0.2) is 0 Å². The second-order valence-electron chi connectivity index (χ2n) is 4.04. The molecule has 1 heterocycles. The van der Waals surface area contributed by atoms with Gasteiger partial charge in [0.05, 0.1) is 5.92 Å². The molecule has 1 aromatic heterocycles. The second-order valence-corrected chi connectivity index (χ2v) is 4.04. The van der Waals surface area contributed by atoms with Gasteiger partial charge in [-0.25, -0.2) is 4.39 Å². The number of hydrogen-bond acceptors (Lipinski definition) is 2. The number of pyridine rings is 1. The number of aromatic nitrogens is 1. The van der Waals surface area contributed by atoms with Crippen LogP contribution in [0.4, 0.5) is 4.39 Å². The minimum atomic E-state index is -0.967. The van der Waals surface area contributed by atoms with E-state index in [1.54, 1.807) is 36.7 Å². The Kier molecular flexibility index (Phi) is 3.37. The predicted molar refractivity (Wildman–Crippen MR) is 65.7 cm³/mol. The molecule has 0 amide bonds. The molecule has 0 fully saturated rings. The maximum Gasteiger partial charge on any atom is 0.310 e. The zero-order valence-corrected chi connectivity index (χ0v) is 9.80. The Hall–Kier alpha value is -2.23. The molecular weight excluding hydrogens is 233 g/mol. The van der Waals surface area contributed by atoms with E-state index in [1.807, 2.05) is 0 Å². The van der Waals surface area contributed by atoms with E-state index in [0.29, 0.717) is 11.1 Å². The van der Waals surface area contributed by atoms with Crippen LogP contribution >= 0.6 is 0 Å². The summed E-state index contributed by atoms with van der Waals surface area (Å²) in [6, 6.07) is 7.92. The van der Waals surface area contributed by atoms with Crippen LogP contribution in [0.2, 0.25) is 0 Å². The second kappa shape index (κ2) is 4.96. The number of carboxylic acid groups (broad SMARTS) is 1. The van der Waals surface area contributed by atoms with Crippen molar-refractivity contribution in [2.24, 2.45) is 0 Å². The summed E-state index contributed by atoms with van der Waals surface area (Å²) in [5.41, 5.74) is 1.62. The Labute approximate surface area is 104 Å². The summed E-state index contributed by atoms with van der Waals surface area (Å²) >= 11 is 0. The minimum absolute atomic E-state index is 0.424. The molecule has 2 rings (SSSR count). The van der Waals surface area contributed by atoms with E-state index in [1.165, 1.54) is 13.0 Å². The Balaban J connectivity index is 2.40. The number of nitrogens with zero attached hydrogens (tertiary/aromatic N) is 1. The fraction of sp³-hybridized carbons (Fsp3) is 0.143. The van der Waals surface area contributed by atoms with E-state index >= 15 is 0 Å². The van der Waals surface area contributed by atoms with E-state index in [2.05, 4.69) is 4.98 Å². The average Bonchev–Trinajstić information content (AvgIpc) is 2.38. The van der Waals surface area contributed by atoms with E-state index in [4.69, 9.17) is 5.11 Å². The van der Waals surface area contributed by atoms with Gasteiger partial charge >= 0.3 is 5.97 Å². The Morgan fingerprint density at radius 2 is 1.94 bits per heavy atom. The summed E-state index contributed by atoms with van der Waals surface area (Å²) in [5.74, 6) is -2.11. The smallest absolute Gasteiger partial charge is 0.310 e. The normalized spacial score (nSPS) is 12.1. The SMILES string of the molecule is C[C@H](C(=O)O)c1ccc(-c2ccncc2)c(F)c1. The lowest BCUT2D eigenvalue weighted by Gasteiger charge is -2.09. The summed E-state index contributed by atoms with van der Waals surface area (Å²) in [7, 11) is 0. The van der Waals surface area contributed by atoms with Gasteiger partial charge in [-0.2, -0.15) is 0 Å². The van der Waals surface area contributed by atoms with Crippen molar-refractivity contribution in [1.82, 2.24) is 4.98 Å². The van der Waals surface area contributed by atoms with Gasteiger partial charge in [-0.3, -0.25) is 9.78 Å². The number of benzene rings is 1. The van der Waals surface area contributed by atoms with Crippen LogP contribution in [0.3, 0.4) is 0 Å². The van der Waals surface area contributed by atoms with Gasteiger partial charge in [0, 0.05) is 18.0 Å². The molecule has 4 heteroatoms. The van der Waals surface area contributed by atoms with Gasteiger partial charge in [0.1, 0.15) is 5.82 Å². The molecule has 0 unspecified atom stereocenters. The first-order chi connectivity index (χ1) is 8.59. The Morgan fingerprint density at radius 1 is 1.28 bits per heavy atom. The molecule has 0 aliphatic heterocycles. The van der Waals surface area contributed by atoms with Crippen molar-refractivity contribution in [2.45, 2.75) is 12.8 Å². The van der Waals surface area contributed by atoms with Crippen molar-refractivity contribution in [3.63, 3.8) is 0 Å². The van der Waals surface area contributed by atoms with Crippen LogP contribution in [0.1, 0.15) is 18.4 Å². The first kappa shape index (κ1) is 12.2. The third-order valence-electron chi connectivity index (χ3n) is 2.85. The average molecular weight is 245 g/mol. The number of carboxylic acids is 1. The van der Waals surface area contributed by atoms with Crippen LogP contribution in [0.25, 0.3) is 11.1 Å². The van der Waals surface area contributed by atoms with Crippen molar-refractivity contribution in [1.29, 1.82) is 0 Å². The number of halogens is 1. The summed E-state index contributed by atoms with van der Waals surface area (Å²) in [4.78, 5) is 14.7. The molecule has 0 saturated heterocycles.